The number of hydrogen-bond acceptors (Lipinski definition) is 9. The molecule has 2 aromatic heterocycles. The lowest BCUT2D eigenvalue weighted by molar-refractivity contribution is -0.122. The van der Waals surface area contributed by atoms with Gasteiger partial charge in [0, 0.05) is 28.9 Å². The van der Waals surface area contributed by atoms with Gasteiger partial charge < -0.3 is 14.8 Å². The zero-order valence-corrected chi connectivity index (χ0v) is 23.6. The van der Waals surface area contributed by atoms with Gasteiger partial charge in [-0.25, -0.2) is 4.90 Å². The average molecular weight is 589 g/mol. The number of nitrogens with one attached hydrogen (secondary N) is 1. The number of ether oxygens (including phenoxy) is 2. The Morgan fingerprint density at radius 1 is 0.951 bits per heavy atom. The second-order valence-corrected chi connectivity index (χ2v) is 11.6. The first kappa shape index (κ1) is 26.8. The van der Waals surface area contributed by atoms with Gasteiger partial charge in [-0.15, -0.1) is 0 Å². The summed E-state index contributed by atoms with van der Waals surface area (Å²) < 4.78 is 11.8. The van der Waals surface area contributed by atoms with Crippen LogP contribution in [0.5, 0.6) is 11.5 Å². The number of pyridine rings is 1. The van der Waals surface area contributed by atoms with Gasteiger partial charge in [0.25, 0.3) is 0 Å². The van der Waals surface area contributed by atoms with E-state index in [1.165, 1.54) is 9.47 Å². The molecule has 41 heavy (non-hydrogen) atoms. The molecule has 0 unspecified atom stereocenters. The van der Waals surface area contributed by atoms with E-state index in [4.69, 9.17) is 9.47 Å². The summed E-state index contributed by atoms with van der Waals surface area (Å²) in [6.45, 7) is -0.245. The number of carbonyl (C=O) groups excluding carboxylic acids is 3. The van der Waals surface area contributed by atoms with Gasteiger partial charge in [0.05, 0.1) is 30.9 Å². The van der Waals surface area contributed by atoms with Crippen molar-refractivity contribution in [2.24, 2.45) is 5.92 Å². The van der Waals surface area contributed by atoms with Crippen molar-refractivity contribution < 1.29 is 23.9 Å². The molecule has 4 aromatic rings. The third kappa shape index (κ3) is 4.78. The zero-order valence-electron chi connectivity index (χ0n) is 22.0. The molecule has 1 saturated heterocycles. The van der Waals surface area contributed by atoms with Gasteiger partial charge in [-0.2, -0.15) is 0 Å². The van der Waals surface area contributed by atoms with Gasteiger partial charge >= 0.3 is 4.87 Å². The number of rotatable bonds is 7. The lowest BCUT2D eigenvalue weighted by atomic mass is 9.84. The molecule has 1 N–H and O–H groups in total. The van der Waals surface area contributed by atoms with Gasteiger partial charge in [-0.05, 0) is 60.2 Å². The van der Waals surface area contributed by atoms with E-state index in [0.717, 1.165) is 28.7 Å². The molecule has 0 bridgehead atoms. The molecule has 1 fully saturated rings. The lowest BCUT2D eigenvalue weighted by Crippen LogP contribution is -2.33. The first-order valence-electron chi connectivity index (χ1n) is 12.7. The number of amides is 3. The maximum atomic E-state index is 13.9. The molecule has 4 heterocycles. The molecule has 0 radical (unpaired) electrons. The molecule has 10 nitrogen and oxygen atoms in total. The highest BCUT2D eigenvalue weighted by atomic mass is 32.2. The first-order chi connectivity index (χ1) is 19.9. The summed E-state index contributed by atoms with van der Waals surface area (Å²) in [4.78, 5) is 59.7. The molecule has 2 aromatic carbocycles. The number of thiazole rings is 1. The fourth-order valence-corrected chi connectivity index (χ4v) is 7.95. The van der Waals surface area contributed by atoms with E-state index in [1.54, 1.807) is 81.2 Å². The molecule has 0 spiro atoms. The highest BCUT2D eigenvalue weighted by Gasteiger charge is 2.56. The summed E-state index contributed by atoms with van der Waals surface area (Å²) in [5.74, 6) is -1.18. The van der Waals surface area contributed by atoms with Gasteiger partial charge in [0.2, 0.25) is 17.7 Å². The Hall–Kier alpha value is -4.42. The van der Waals surface area contributed by atoms with Crippen molar-refractivity contribution in [2.45, 2.75) is 22.7 Å². The van der Waals surface area contributed by atoms with E-state index in [9.17, 15) is 19.2 Å². The minimum Gasteiger partial charge on any atom is -0.497 e. The number of carbonyl (C=O) groups is 3. The number of imide groups is 1. The maximum Gasteiger partial charge on any atom is 0.308 e. The van der Waals surface area contributed by atoms with Crippen molar-refractivity contribution >= 4 is 52.2 Å². The van der Waals surface area contributed by atoms with Crippen LogP contribution >= 0.6 is 23.1 Å². The monoisotopic (exact) mass is 588 g/mol. The summed E-state index contributed by atoms with van der Waals surface area (Å²) in [6, 6.07) is 17.2. The second kappa shape index (κ2) is 10.9. The zero-order chi connectivity index (χ0) is 28.7. The minimum atomic E-state index is -0.785. The van der Waals surface area contributed by atoms with Crippen LogP contribution < -0.4 is 24.6 Å². The van der Waals surface area contributed by atoms with Crippen LogP contribution in [0.15, 0.2) is 82.9 Å². The van der Waals surface area contributed by atoms with Crippen LogP contribution in [0, 0.1) is 5.92 Å². The lowest BCUT2D eigenvalue weighted by Gasteiger charge is -2.30. The minimum absolute atomic E-state index is 0.245. The second-order valence-electron chi connectivity index (χ2n) is 9.44. The molecule has 6 rings (SSSR count). The number of hydrogen-bond donors (Lipinski definition) is 1. The number of nitrogens with zero attached hydrogens (tertiary/aromatic N) is 3. The Balaban J connectivity index is 1.36. The molecule has 3 amide bonds. The largest absolute Gasteiger partial charge is 0.497 e. The van der Waals surface area contributed by atoms with Crippen LogP contribution in [0.25, 0.3) is 0 Å². The van der Waals surface area contributed by atoms with E-state index >= 15 is 0 Å². The van der Waals surface area contributed by atoms with Crippen molar-refractivity contribution in [1.82, 2.24) is 9.55 Å². The predicted molar refractivity (Wildman–Crippen MR) is 155 cm³/mol. The van der Waals surface area contributed by atoms with Crippen LogP contribution in [-0.4, -0.2) is 46.7 Å². The number of anilines is 2. The Morgan fingerprint density at radius 2 is 1.63 bits per heavy atom. The van der Waals surface area contributed by atoms with Crippen LogP contribution in [0.3, 0.4) is 0 Å². The smallest absolute Gasteiger partial charge is 0.308 e. The third-order valence-corrected chi connectivity index (χ3v) is 9.70. The van der Waals surface area contributed by atoms with Gasteiger partial charge in [0.1, 0.15) is 23.3 Å². The van der Waals surface area contributed by atoms with Crippen molar-refractivity contribution in [3.05, 3.63) is 93.2 Å². The third-order valence-electron chi connectivity index (χ3n) is 7.10. The molecule has 0 saturated carbocycles. The van der Waals surface area contributed by atoms with Gasteiger partial charge in [0.15, 0.2) is 0 Å². The topological polar surface area (TPSA) is 120 Å². The van der Waals surface area contributed by atoms with Crippen molar-refractivity contribution in [1.29, 1.82) is 0 Å². The van der Waals surface area contributed by atoms with Crippen molar-refractivity contribution in [3.63, 3.8) is 0 Å². The molecule has 2 aliphatic rings. The molecular weight excluding hydrogens is 564 g/mol. The number of methoxy groups -OCH3 is 2. The van der Waals surface area contributed by atoms with Crippen LogP contribution in [-0.2, 0) is 20.9 Å². The van der Waals surface area contributed by atoms with Crippen LogP contribution in [0.1, 0.15) is 16.4 Å². The molecular formula is C29H24N4O6S2. The summed E-state index contributed by atoms with van der Waals surface area (Å²) in [6.07, 6.45) is 3.28. The van der Waals surface area contributed by atoms with Crippen molar-refractivity contribution in [2.75, 3.05) is 24.4 Å². The van der Waals surface area contributed by atoms with E-state index < -0.39 is 23.0 Å². The van der Waals surface area contributed by atoms with E-state index in [2.05, 4.69) is 10.3 Å². The number of thioether (sulfide) groups is 1. The van der Waals surface area contributed by atoms with E-state index in [-0.39, 0.29) is 23.2 Å². The highest BCUT2D eigenvalue weighted by molar-refractivity contribution is 8.00. The average Bonchev–Trinajstić information content (AvgIpc) is 3.44. The van der Waals surface area contributed by atoms with E-state index in [0.29, 0.717) is 32.8 Å². The first-order valence-corrected chi connectivity index (χ1v) is 14.3. The van der Waals surface area contributed by atoms with E-state index in [1.807, 2.05) is 6.07 Å². The Kier molecular flexibility index (Phi) is 7.10. The van der Waals surface area contributed by atoms with Gasteiger partial charge in [-0.3, -0.25) is 28.7 Å². The highest BCUT2D eigenvalue weighted by Crippen LogP contribution is 2.53. The Labute approximate surface area is 242 Å². The van der Waals surface area contributed by atoms with Crippen LogP contribution in [0.4, 0.5) is 11.4 Å². The number of benzene rings is 2. The van der Waals surface area contributed by atoms with Gasteiger partial charge in [-0.1, -0.05) is 29.2 Å². The summed E-state index contributed by atoms with van der Waals surface area (Å²) in [5, 5.41) is 2.53. The summed E-state index contributed by atoms with van der Waals surface area (Å²) in [5.41, 5.74) is 1.72. The van der Waals surface area contributed by atoms with Crippen molar-refractivity contribution in [3.8, 4) is 11.5 Å². The summed E-state index contributed by atoms with van der Waals surface area (Å²) in [7, 11) is 3.10. The Bertz CT molecular complexity index is 1690. The standard InChI is InChI=1S/C29H24N4O6S2/c1-38-19-9-5-17(6-10-19)31-21(34)15-32-28-25(41-29(32)37)22(16-4-3-13-30-14-16)23-24(40-28)27(36)33(26(23)35)18-7-11-20(39-2)12-8-18/h3-14,22-24H,15H2,1-2H3,(H,31,34)/t22-,23-,24+/m0/s1. The quantitative estimate of drug-likeness (QED) is 0.324. The molecule has 12 heteroatoms. The molecule has 0 aliphatic carbocycles. The van der Waals surface area contributed by atoms with Crippen LogP contribution in [0.2, 0.25) is 0 Å². The predicted octanol–water partition coefficient (Wildman–Crippen LogP) is 3.76. The normalized spacial score (nSPS) is 19.5. The molecule has 3 atom stereocenters. The fourth-order valence-electron chi connectivity index (χ4n) is 5.18. The molecule has 2 aliphatic heterocycles. The Morgan fingerprint density at radius 3 is 2.27 bits per heavy atom. The number of aromatic nitrogens is 2. The fraction of sp³-hybridized carbons (Fsp3) is 0.207. The maximum absolute atomic E-state index is 13.9. The SMILES string of the molecule is COc1ccc(NC(=O)Cn2c3c(sc2=O)[C@@H](c2cccnc2)[C@@H]2C(=O)N(c4ccc(OC)cc4)C(=O)[C@@H]2S3)cc1. The number of fused-ring (bicyclic) bond motifs is 2. The molecule has 208 valence electrons. The summed E-state index contributed by atoms with van der Waals surface area (Å²) >= 11 is 2.16.